The molecule has 2 aliphatic rings. The minimum atomic E-state index is 0.508. The molecule has 4 rings (SSSR count). The van der Waals surface area contributed by atoms with E-state index < -0.39 is 0 Å². The predicted molar refractivity (Wildman–Crippen MR) is 108 cm³/mol. The maximum atomic E-state index is 6.58. The van der Waals surface area contributed by atoms with Gasteiger partial charge in [-0.25, -0.2) is 0 Å². The van der Waals surface area contributed by atoms with Gasteiger partial charge in [-0.1, -0.05) is 42.0 Å². The molecule has 4 heteroatoms. The van der Waals surface area contributed by atoms with Gasteiger partial charge in [0.05, 0.1) is 10.7 Å². The zero-order valence-electron chi connectivity index (χ0n) is 14.9. The number of hydrogen-bond donors (Lipinski definition) is 0. The lowest BCUT2D eigenvalue weighted by Crippen LogP contribution is -2.30. The van der Waals surface area contributed by atoms with E-state index in [0.717, 1.165) is 23.7 Å². The van der Waals surface area contributed by atoms with E-state index in [1.54, 1.807) is 0 Å². The van der Waals surface area contributed by atoms with Crippen LogP contribution in [0, 0.1) is 0 Å². The quantitative estimate of drug-likeness (QED) is 0.711. The predicted octanol–water partition coefficient (Wildman–Crippen LogP) is 5.49. The molecule has 1 atom stereocenters. The van der Waals surface area contributed by atoms with E-state index >= 15 is 0 Å². The van der Waals surface area contributed by atoms with Crippen molar-refractivity contribution in [2.45, 2.75) is 18.9 Å². The number of rotatable bonds is 4. The lowest BCUT2D eigenvalue weighted by molar-refractivity contribution is 0.348. The van der Waals surface area contributed by atoms with Gasteiger partial charge in [-0.2, -0.15) is 0 Å². The number of likely N-dealkylation sites (N-methyl/N-ethyl adjacent to an activating group) is 1. The maximum Gasteiger partial charge on any atom is 0.129 e. The summed E-state index contributed by atoms with van der Waals surface area (Å²) in [4.78, 5) is 4.65. The van der Waals surface area contributed by atoms with E-state index in [4.69, 9.17) is 16.3 Å². The lowest BCUT2D eigenvalue weighted by Gasteiger charge is -2.29. The maximum absolute atomic E-state index is 6.58. The first kappa shape index (κ1) is 17.2. The Morgan fingerprint density at radius 3 is 2.65 bits per heavy atom. The molecule has 0 spiro atoms. The summed E-state index contributed by atoms with van der Waals surface area (Å²) in [5.74, 6) is 1.56. The minimum Gasteiger partial charge on any atom is -0.457 e. The van der Waals surface area contributed by atoms with Crippen molar-refractivity contribution in [2.75, 3.05) is 25.0 Å². The lowest BCUT2D eigenvalue weighted by atomic mass is 10.0. The summed E-state index contributed by atoms with van der Waals surface area (Å²) in [5, 5.41) is 0.698. The number of benzene rings is 2. The van der Waals surface area contributed by atoms with Crippen molar-refractivity contribution in [3.05, 3.63) is 77.5 Å². The number of nitrogens with zero attached hydrogens (tertiary/aromatic N) is 2. The second-order valence-electron chi connectivity index (χ2n) is 6.85. The number of hydrogen-bond acceptors (Lipinski definition) is 3. The van der Waals surface area contributed by atoms with Crippen LogP contribution in [0.4, 0.5) is 5.69 Å². The zero-order chi connectivity index (χ0) is 17.9. The van der Waals surface area contributed by atoms with Gasteiger partial charge >= 0.3 is 0 Å². The van der Waals surface area contributed by atoms with Crippen LogP contribution in [-0.4, -0.2) is 31.1 Å². The highest BCUT2D eigenvalue weighted by atomic mass is 35.5. The van der Waals surface area contributed by atoms with Crippen LogP contribution < -0.4 is 9.64 Å². The van der Waals surface area contributed by atoms with Crippen molar-refractivity contribution in [1.82, 2.24) is 4.90 Å². The van der Waals surface area contributed by atoms with Crippen LogP contribution >= 0.6 is 11.6 Å². The summed E-state index contributed by atoms with van der Waals surface area (Å²) >= 11 is 6.58. The topological polar surface area (TPSA) is 15.7 Å². The van der Waals surface area contributed by atoms with Crippen LogP contribution in [0.2, 0.25) is 5.02 Å². The van der Waals surface area contributed by atoms with Crippen molar-refractivity contribution in [1.29, 1.82) is 0 Å². The fraction of sp³-hybridized carbons (Fsp3) is 0.273. The van der Waals surface area contributed by atoms with Gasteiger partial charge in [-0.05, 0) is 56.3 Å². The monoisotopic (exact) mass is 366 g/mol. The molecule has 0 aromatic heterocycles. The van der Waals surface area contributed by atoms with Gasteiger partial charge in [-0.3, -0.25) is 4.90 Å². The molecule has 0 N–H and O–H groups in total. The van der Waals surface area contributed by atoms with Crippen LogP contribution in [-0.2, 0) is 0 Å². The minimum absolute atomic E-state index is 0.508. The van der Waals surface area contributed by atoms with Crippen LogP contribution in [0.5, 0.6) is 11.5 Å². The summed E-state index contributed by atoms with van der Waals surface area (Å²) in [7, 11) is 2.20. The highest BCUT2D eigenvalue weighted by Crippen LogP contribution is 2.34. The molecular formula is C22H23ClN2O. The van der Waals surface area contributed by atoms with E-state index in [-0.39, 0.29) is 0 Å². The van der Waals surface area contributed by atoms with Crippen molar-refractivity contribution >= 4 is 17.3 Å². The van der Waals surface area contributed by atoms with Gasteiger partial charge in [0, 0.05) is 24.9 Å². The number of ether oxygens (including phenoxy) is 1. The Morgan fingerprint density at radius 1 is 1.08 bits per heavy atom. The molecule has 0 radical (unpaired) electrons. The summed E-state index contributed by atoms with van der Waals surface area (Å²) in [6, 6.07) is 16.2. The Morgan fingerprint density at radius 2 is 1.92 bits per heavy atom. The third kappa shape index (κ3) is 3.64. The first-order chi connectivity index (χ1) is 12.7. The number of likely N-dealkylation sites (tertiary alicyclic amines) is 1. The standard InChI is InChI=1S/C22H23ClN2O/c1-24-13-6-10-21(24)17-7-5-14-25(16-17)22-12-11-19(15-20(22)23)26-18-8-3-2-4-9-18/h2-5,7-9,11-12,15-16,21H,6,10,13-14H2,1H3. The average molecular weight is 367 g/mol. The first-order valence-electron chi connectivity index (χ1n) is 9.08. The van der Waals surface area contributed by atoms with Crippen molar-refractivity contribution in [3.8, 4) is 11.5 Å². The summed E-state index contributed by atoms with van der Waals surface area (Å²) in [5.41, 5.74) is 2.37. The third-order valence-corrected chi connectivity index (χ3v) is 5.33. The fourth-order valence-electron chi connectivity index (χ4n) is 3.68. The molecule has 2 aromatic rings. The van der Waals surface area contributed by atoms with Crippen LogP contribution in [0.25, 0.3) is 0 Å². The average Bonchev–Trinajstić information content (AvgIpc) is 3.09. The highest BCUT2D eigenvalue weighted by molar-refractivity contribution is 6.33. The Bertz CT molecular complexity index is 831. The van der Waals surface area contributed by atoms with Gasteiger partial charge in [0.1, 0.15) is 11.5 Å². The first-order valence-corrected chi connectivity index (χ1v) is 9.46. The van der Waals surface area contributed by atoms with Crippen LogP contribution in [0.3, 0.4) is 0 Å². The smallest absolute Gasteiger partial charge is 0.129 e. The molecule has 0 bridgehead atoms. The molecular weight excluding hydrogens is 344 g/mol. The van der Waals surface area contributed by atoms with E-state index in [1.165, 1.54) is 25.0 Å². The molecule has 2 heterocycles. The molecule has 2 aromatic carbocycles. The molecule has 26 heavy (non-hydrogen) atoms. The second kappa shape index (κ2) is 7.56. The van der Waals surface area contributed by atoms with E-state index in [1.807, 2.05) is 48.5 Å². The van der Waals surface area contributed by atoms with E-state index in [0.29, 0.717) is 11.1 Å². The molecule has 1 unspecified atom stereocenters. The Kier molecular flexibility index (Phi) is 5.00. The Labute approximate surface area is 160 Å². The SMILES string of the molecule is CN1CCCC1C1=CN(c2ccc(Oc3ccccc3)cc2Cl)CC=C1. The van der Waals surface area contributed by atoms with Gasteiger partial charge in [0.15, 0.2) is 0 Å². The zero-order valence-corrected chi connectivity index (χ0v) is 15.7. The molecule has 3 nitrogen and oxygen atoms in total. The van der Waals surface area contributed by atoms with Crippen LogP contribution in [0.15, 0.2) is 72.5 Å². The third-order valence-electron chi connectivity index (χ3n) is 5.03. The number of halogens is 1. The largest absolute Gasteiger partial charge is 0.457 e. The molecule has 2 aliphatic heterocycles. The molecule has 0 aliphatic carbocycles. The molecule has 134 valence electrons. The van der Waals surface area contributed by atoms with Gasteiger partial charge in [0.25, 0.3) is 0 Å². The van der Waals surface area contributed by atoms with Crippen molar-refractivity contribution in [3.63, 3.8) is 0 Å². The van der Waals surface area contributed by atoms with E-state index in [9.17, 15) is 0 Å². The fourth-order valence-corrected chi connectivity index (χ4v) is 3.96. The number of anilines is 1. The molecule has 1 saturated heterocycles. The van der Waals surface area contributed by atoms with E-state index in [2.05, 4.69) is 35.2 Å². The Balaban J connectivity index is 1.54. The van der Waals surface area contributed by atoms with Crippen molar-refractivity contribution < 1.29 is 4.74 Å². The summed E-state index contributed by atoms with van der Waals surface area (Å²) < 4.78 is 5.88. The Hall–Kier alpha value is -2.23. The summed E-state index contributed by atoms with van der Waals surface area (Å²) in [6.07, 6.45) is 9.19. The van der Waals surface area contributed by atoms with Gasteiger partial charge in [0.2, 0.25) is 0 Å². The van der Waals surface area contributed by atoms with Crippen molar-refractivity contribution in [2.24, 2.45) is 0 Å². The summed E-state index contributed by atoms with van der Waals surface area (Å²) in [6.45, 7) is 2.00. The van der Waals surface area contributed by atoms with Gasteiger partial charge < -0.3 is 9.64 Å². The van der Waals surface area contributed by atoms with Crippen LogP contribution in [0.1, 0.15) is 12.8 Å². The highest BCUT2D eigenvalue weighted by Gasteiger charge is 2.25. The number of para-hydroxylation sites is 1. The molecule has 1 fully saturated rings. The van der Waals surface area contributed by atoms with Gasteiger partial charge in [-0.15, -0.1) is 0 Å². The second-order valence-corrected chi connectivity index (χ2v) is 7.26. The molecule has 0 saturated carbocycles. The molecule has 0 amide bonds. The normalized spacial score (nSPS) is 20.3.